The van der Waals surface area contributed by atoms with Crippen molar-refractivity contribution in [2.75, 3.05) is 26.7 Å². The van der Waals surface area contributed by atoms with Gasteiger partial charge in [0.05, 0.1) is 7.11 Å². The van der Waals surface area contributed by atoms with Crippen LogP contribution in [0.1, 0.15) is 42.0 Å². The summed E-state index contributed by atoms with van der Waals surface area (Å²) < 4.78 is 36.9. The summed E-state index contributed by atoms with van der Waals surface area (Å²) in [5, 5.41) is 3.53. The Morgan fingerprint density at radius 3 is 2.58 bits per heavy atom. The molecule has 0 amide bonds. The zero-order chi connectivity index (χ0) is 17.3. The topological polar surface area (TPSA) is 88.9 Å². The molecule has 24 heavy (non-hydrogen) atoms. The molecule has 8 heteroatoms. The van der Waals surface area contributed by atoms with Crippen molar-refractivity contribution in [2.45, 2.75) is 43.5 Å². The lowest BCUT2D eigenvalue weighted by Crippen LogP contribution is -2.45. The van der Waals surface area contributed by atoms with Crippen molar-refractivity contribution in [3.63, 3.8) is 0 Å². The van der Waals surface area contributed by atoms with E-state index in [0.717, 1.165) is 25.3 Å². The number of esters is 1. The van der Waals surface area contributed by atoms with Crippen LogP contribution in [0.4, 0.5) is 0 Å². The van der Waals surface area contributed by atoms with E-state index in [1.807, 2.05) is 0 Å². The minimum atomic E-state index is -3.65. The van der Waals surface area contributed by atoms with Gasteiger partial charge in [-0.1, -0.05) is 0 Å². The van der Waals surface area contributed by atoms with Crippen molar-refractivity contribution < 1.29 is 22.4 Å². The van der Waals surface area contributed by atoms with Crippen LogP contribution in [0.15, 0.2) is 15.4 Å². The first-order chi connectivity index (χ1) is 11.4. The summed E-state index contributed by atoms with van der Waals surface area (Å²) in [6.07, 6.45) is 4.21. The number of carbonyl (C=O) groups is 1. The fourth-order valence-electron chi connectivity index (χ4n) is 3.02. The molecule has 0 spiro atoms. The second kappa shape index (κ2) is 6.85. The van der Waals surface area contributed by atoms with Crippen molar-refractivity contribution in [2.24, 2.45) is 5.92 Å². The molecule has 1 N–H and O–H groups in total. The van der Waals surface area contributed by atoms with Gasteiger partial charge in [-0.15, -0.1) is 0 Å². The number of carbonyl (C=O) groups excluding carboxylic acids is 1. The van der Waals surface area contributed by atoms with E-state index in [-0.39, 0.29) is 16.4 Å². The van der Waals surface area contributed by atoms with Gasteiger partial charge in [0.1, 0.15) is 10.7 Å². The van der Waals surface area contributed by atoms with E-state index in [9.17, 15) is 13.2 Å². The van der Waals surface area contributed by atoms with Gasteiger partial charge < -0.3 is 14.5 Å². The molecule has 1 aromatic heterocycles. The van der Waals surface area contributed by atoms with E-state index in [1.165, 1.54) is 30.3 Å². The number of nitrogens with one attached hydrogen (secondary N) is 1. The Hall–Kier alpha value is -1.38. The molecule has 2 fully saturated rings. The maximum absolute atomic E-state index is 12.8. The summed E-state index contributed by atoms with van der Waals surface area (Å²) in [5.74, 6) is 0.263. The molecule has 1 saturated heterocycles. The fourth-order valence-corrected chi connectivity index (χ4v) is 4.65. The number of sulfonamides is 1. The Morgan fingerprint density at radius 2 is 2.00 bits per heavy atom. The summed E-state index contributed by atoms with van der Waals surface area (Å²) in [6.45, 7) is 3.54. The highest BCUT2D eigenvalue weighted by Gasteiger charge is 2.33. The second-order valence-corrected chi connectivity index (χ2v) is 8.46. The minimum Gasteiger partial charge on any atom is -0.463 e. The van der Waals surface area contributed by atoms with Crippen molar-refractivity contribution in [1.82, 2.24) is 9.62 Å². The standard InChI is InChI=1S/C16H24N2O5S/c1-11-15(9-14(23-11)16(19)22-2)24(20,21)18-7-5-13(6-8-18)17-10-12-3-4-12/h9,12-13,17H,3-8,10H2,1-2H3. The quantitative estimate of drug-likeness (QED) is 0.778. The van der Waals surface area contributed by atoms with Crippen LogP contribution < -0.4 is 5.32 Å². The lowest BCUT2D eigenvalue weighted by atomic mass is 10.1. The van der Waals surface area contributed by atoms with Crippen LogP contribution in [0, 0.1) is 12.8 Å². The Kier molecular flexibility index (Phi) is 4.98. The van der Waals surface area contributed by atoms with Crippen LogP contribution in [0.2, 0.25) is 0 Å². The molecule has 7 nitrogen and oxygen atoms in total. The zero-order valence-electron chi connectivity index (χ0n) is 14.1. The minimum absolute atomic E-state index is 0.0484. The molecule has 0 atom stereocenters. The molecule has 0 unspecified atom stereocenters. The molecule has 0 radical (unpaired) electrons. The average molecular weight is 356 g/mol. The van der Waals surface area contributed by atoms with Gasteiger partial charge in [0.2, 0.25) is 15.8 Å². The number of aryl methyl sites for hydroxylation is 1. The molecule has 1 saturated carbocycles. The summed E-state index contributed by atoms with van der Waals surface area (Å²) >= 11 is 0. The van der Waals surface area contributed by atoms with E-state index in [2.05, 4.69) is 10.1 Å². The summed E-state index contributed by atoms with van der Waals surface area (Å²) in [4.78, 5) is 11.6. The average Bonchev–Trinajstić information content (AvgIpc) is 3.32. The first-order valence-electron chi connectivity index (χ1n) is 8.34. The number of rotatable bonds is 6. The molecule has 1 aliphatic heterocycles. The lowest BCUT2D eigenvalue weighted by Gasteiger charge is -2.31. The van der Waals surface area contributed by atoms with Crippen LogP contribution in [-0.2, 0) is 14.8 Å². The van der Waals surface area contributed by atoms with Gasteiger partial charge in [0.15, 0.2) is 0 Å². The van der Waals surface area contributed by atoms with Gasteiger partial charge in [0.25, 0.3) is 0 Å². The Balaban J connectivity index is 1.65. The first kappa shape index (κ1) is 17.4. The maximum Gasteiger partial charge on any atom is 0.373 e. The van der Waals surface area contributed by atoms with Crippen LogP contribution >= 0.6 is 0 Å². The van der Waals surface area contributed by atoms with Gasteiger partial charge in [-0.05, 0) is 45.1 Å². The van der Waals surface area contributed by atoms with Crippen molar-refractivity contribution >= 4 is 16.0 Å². The van der Waals surface area contributed by atoms with Gasteiger partial charge in [-0.25, -0.2) is 13.2 Å². The SMILES string of the molecule is COC(=O)c1cc(S(=O)(=O)N2CCC(NCC3CC3)CC2)c(C)o1. The van der Waals surface area contributed by atoms with Crippen LogP contribution in [-0.4, -0.2) is 51.5 Å². The zero-order valence-corrected chi connectivity index (χ0v) is 14.9. The molecule has 2 aliphatic rings. The van der Waals surface area contributed by atoms with Gasteiger partial charge in [0, 0.05) is 25.2 Å². The number of hydrogen-bond donors (Lipinski definition) is 1. The number of methoxy groups -OCH3 is 1. The Morgan fingerprint density at radius 1 is 1.33 bits per heavy atom. The number of hydrogen-bond acceptors (Lipinski definition) is 6. The normalized spacial score (nSPS) is 20.2. The van der Waals surface area contributed by atoms with Crippen molar-refractivity contribution in [1.29, 1.82) is 0 Å². The first-order valence-corrected chi connectivity index (χ1v) is 9.78. The van der Waals surface area contributed by atoms with E-state index in [4.69, 9.17) is 4.42 Å². The van der Waals surface area contributed by atoms with Gasteiger partial charge in [-0.3, -0.25) is 0 Å². The highest BCUT2D eigenvalue weighted by Crippen LogP contribution is 2.29. The largest absolute Gasteiger partial charge is 0.463 e. The molecular weight excluding hydrogens is 332 g/mol. The predicted octanol–water partition coefficient (Wildman–Crippen LogP) is 1.53. The summed E-state index contributed by atoms with van der Waals surface area (Å²) in [6, 6.07) is 1.64. The summed E-state index contributed by atoms with van der Waals surface area (Å²) in [7, 11) is -2.42. The maximum atomic E-state index is 12.8. The van der Waals surface area contributed by atoms with E-state index < -0.39 is 16.0 Å². The molecular formula is C16H24N2O5S. The van der Waals surface area contributed by atoms with E-state index in [1.54, 1.807) is 6.92 Å². The fraction of sp³-hybridized carbons (Fsp3) is 0.688. The Labute approximate surface area is 142 Å². The highest BCUT2D eigenvalue weighted by atomic mass is 32.2. The number of piperidine rings is 1. The molecule has 1 aliphatic carbocycles. The highest BCUT2D eigenvalue weighted by molar-refractivity contribution is 7.89. The van der Waals surface area contributed by atoms with Crippen molar-refractivity contribution in [3.05, 3.63) is 17.6 Å². The van der Waals surface area contributed by atoms with E-state index >= 15 is 0 Å². The number of ether oxygens (including phenoxy) is 1. The smallest absolute Gasteiger partial charge is 0.373 e. The Bertz CT molecular complexity index is 700. The predicted molar refractivity (Wildman–Crippen MR) is 87.3 cm³/mol. The monoisotopic (exact) mass is 356 g/mol. The summed E-state index contributed by atoms with van der Waals surface area (Å²) in [5.41, 5.74) is 0. The van der Waals surface area contributed by atoms with E-state index in [0.29, 0.717) is 19.1 Å². The van der Waals surface area contributed by atoms with Gasteiger partial charge in [-0.2, -0.15) is 4.31 Å². The molecule has 0 aromatic carbocycles. The molecule has 134 valence electrons. The van der Waals surface area contributed by atoms with Crippen LogP contribution in [0.5, 0.6) is 0 Å². The molecule has 0 bridgehead atoms. The second-order valence-electron chi connectivity index (χ2n) is 6.55. The number of nitrogens with zero attached hydrogens (tertiary/aromatic N) is 1. The third-order valence-electron chi connectivity index (χ3n) is 4.72. The number of furan rings is 1. The molecule has 2 heterocycles. The third kappa shape index (κ3) is 3.65. The van der Waals surface area contributed by atoms with Crippen molar-refractivity contribution in [3.8, 4) is 0 Å². The van der Waals surface area contributed by atoms with Gasteiger partial charge >= 0.3 is 5.97 Å². The molecule has 3 rings (SSSR count). The van der Waals surface area contributed by atoms with Crippen LogP contribution in [0.25, 0.3) is 0 Å². The van der Waals surface area contributed by atoms with Crippen LogP contribution in [0.3, 0.4) is 0 Å². The lowest BCUT2D eigenvalue weighted by molar-refractivity contribution is 0.0563. The molecule has 1 aromatic rings. The third-order valence-corrected chi connectivity index (χ3v) is 6.73.